The summed E-state index contributed by atoms with van der Waals surface area (Å²) >= 11 is 0. The Morgan fingerprint density at radius 1 is 1.38 bits per heavy atom. The summed E-state index contributed by atoms with van der Waals surface area (Å²) in [5, 5.41) is 0. The van der Waals surface area contributed by atoms with Crippen molar-refractivity contribution in [3.05, 3.63) is 0 Å². The molecule has 0 saturated carbocycles. The van der Waals surface area contributed by atoms with Gasteiger partial charge in [0.2, 0.25) is 10.0 Å². The first-order valence-corrected chi connectivity index (χ1v) is 5.86. The summed E-state index contributed by atoms with van der Waals surface area (Å²) in [6, 6.07) is 0. The Balaban J connectivity index is 3.64. The van der Waals surface area contributed by atoms with Crippen molar-refractivity contribution in [1.82, 2.24) is 4.89 Å². The Hall–Kier alpha value is -0.170. The van der Waals surface area contributed by atoms with Crippen LogP contribution in [0.15, 0.2) is 0 Å². The number of nitrogens with one attached hydrogen (secondary N) is 1. The smallest absolute Gasteiger partial charge is 0.235 e. The molecule has 13 heavy (non-hydrogen) atoms. The summed E-state index contributed by atoms with van der Waals surface area (Å²) in [4.78, 5) is 6.54. The molecular formula is C7H17NO4S. The zero-order chi connectivity index (χ0) is 10.3. The van der Waals surface area contributed by atoms with Crippen LogP contribution in [0.2, 0.25) is 0 Å². The van der Waals surface area contributed by atoms with Crippen molar-refractivity contribution >= 4 is 10.0 Å². The van der Waals surface area contributed by atoms with E-state index in [1.54, 1.807) is 6.92 Å². The van der Waals surface area contributed by atoms with Crippen LogP contribution in [0.3, 0.4) is 0 Å². The van der Waals surface area contributed by atoms with E-state index in [1.807, 2.05) is 18.7 Å². The highest BCUT2D eigenvalue weighted by Gasteiger charge is 2.09. The summed E-state index contributed by atoms with van der Waals surface area (Å²) in [5.41, 5.74) is 0. The highest BCUT2D eigenvalue weighted by atomic mass is 32.2. The molecule has 0 saturated heterocycles. The van der Waals surface area contributed by atoms with Crippen LogP contribution in [-0.4, -0.2) is 33.5 Å². The maximum Gasteiger partial charge on any atom is 0.235 e. The predicted octanol–water partition coefficient (Wildman–Crippen LogP) is 0.282. The molecule has 0 aromatic heterocycles. The van der Waals surface area contributed by atoms with E-state index >= 15 is 0 Å². The van der Waals surface area contributed by atoms with Crippen LogP contribution in [0.25, 0.3) is 0 Å². The number of sulfonamides is 1. The second kappa shape index (κ2) is 6.31. The second-order valence-electron chi connectivity index (χ2n) is 2.75. The van der Waals surface area contributed by atoms with E-state index in [0.29, 0.717) is 6.61 Å². The fourth-order valence-electron chi connectivity index (χ4n) is 0.584. The molecule has 0 aliphatic rings. The summed E-state index contributed by atoms with van der Waals surface area (Å²) < 4.78 is 27.2. The molecule has 6 heteroatoms. The Labute approximate surface area is 79.4 Å². The van der Waals surface area contributed by atoms with E-state index in [9.17, 15) is 8.42 Å². The maximum absolute atomic E-state index is 11.1. The molecule has 0 aromatic carbocycles. The normalized spacial score (nSPS) is 12.3. The first kappa shape index (κ1) is 12.8. The molecule has 0 amide bonds. The van der Waals surface area contributed by atoms with Crippen molar-refractivity contribution in [3.63, 3.8) is 0 Å². The van der Waals surface area contributed by atoms with Gasteiger partial charge < -0.3 is 4.74 Å². The molecule has 80 valence electrons. The van der Waals surface area contributed by atoms with Crippen LogP contribution in [-0.2, 0) is 19.6 Å². The quantitative estimate of drug-likeness (QED) is 0.614. The minimum Gasteiger partial charge on any atom is -0.378 e. The molecule has 1 N–H and O–H groups in total. The topological polar surface area (TPSA) is 64.6 Å². The van der Waals surface area contributed by atoms with Crippen molar-refractivity contribution in [1.29, 1.82) is 0 Å². The van der Waals surface area contributed by atoms with Gasteiger partial charge in [0.1, 0.15) is 0 Å². The van der Waals surface area contributed by atoms with Crippen molar-refractivity contribution < 1.29 is 18.0 Å². The molecule has 0 aliphatic heterocycles. The van der Waals surface area contributed by atoms with E-state index in [0.717, 1.165) is 0 Å². The fraction of sp³-hybridized carbons (Fsp3) is 1.00. The van der Waals surface area contributed by atoms with Crippen LogP contribution >= 0.6 is 0 Å². The molecule has 0 heterocycles. The lowest BCUT2D eigenvalue weighted by Gasteiger charge is -2.08. The highest BCUT2D eigenvalue weighted by molar-refractivity contribution is 7.89. The molecule has 0 aliphatic carbocycles. The van der Waals surface area contributed by atoms with Gasteiger partial charge in [-0.2, -0.15) is 0 Å². The van der Waals surface area contributed by atoms with E-state index < -0.39 is 10.0 Å². The Morgan fingerprint density at radius 3 is 2.46 bits per heavy atom. The number of rotatable bonds is 7. The van der Waals surface area contributed by atoms with Gasteiger partial charge in [0.15, 0.2) is 0 Å². The third kappa shape index (κ3) is 8.17. The average Bonchev–Trinajstić information content (AvgIpc) is 2.00. The zero-order valence-electron chi connectivity index (χ0n) is 8.24. The largest absolute Gasteiger partial charge is 0.378 e. The van der Waals surface area contributed by atoms with Crippen molar-refractivity contribution in [2.24, 2.45) is 0 Å². The zero-order valence-corrected chi connectivity index (χ0v) is 9.06. The lowest BCUT2D eigenvalue weighted by atomic mass is 10.5. The van der Waals surface area contributed by atoms with Crippen LogP contribution in [0.1, 0.15) is 20.8 Å². The summed E-state index contributed by atoms with van der Waals surface area (Å²) in [5.74, 6) is -0.0782. The SMILES string of the molecule is CCONS(=O)(=O)CCOC(C)C. The summed E-state index contributed by atoms with van der Waals surface area (Å²) in [7, 11) is -3.34. The summed E-state index contributed by atoms with van der Waals surface area (Å²) in [6.45, 7) is 5.89. The molecule has 0 unspecified atom stereocenters. The molecule has 0 spiro atoms. The number of ether oxygens (including phenoxy) is 1. The fourth-order valence-corrected chi connectivity index (χ4v) is 1.28. The highest BCUT2D eigenvalue weighted by Crippen LogP contribution is 1.90. The molecule has 5 nitrogen and oxygen atoms in total. The van der Waals surface area contributed by atoms with Crippen molar-refractivity contribution in [2.45, 2.75) is 26.9 Å². The van der Waals surface area contributed by atoms with Gasteiger partial charge in [-0.05, 0) is 20.8 Å². The van der Waals surface area contributed by atoms with E-state index in [-0.39, 0.29) is 18.5 Å². The second-order valence-corrected chi connectivity index (χ2v) is 4.56. The van der Waals surface area contributed by atoms with Gasteiger partial charge in [0, 0.05) is 0 Å². The van der Waals surface area contributed by atoms with Crippen LogP contribution in [0.4, 0.5) is 0 Å². The van der Waals surface area contributed by atoms with Gasteiger partial charge in [-0.1, -0.05) is 4.89 Å². The van der Waals surface area contributed by atoms with Crippen LogP contribution < -0.4 is 4.89 Å². The number of hydrogen-bond acceptors (Lipinski definition) is 4. The van der Waals surface area contributed by atoms with Crippen molar-refractivity contribution in [2.75, 3.05) is 19.0 Å². The average molecular weight is 211 g/mol. The first-order valence-electron chi connectivity index (χ1n) is 4.21. The van der Waals surface area contributed by atoms with Gasteiger partial charge in [0.05, 0.1) is 25.1 Å². The number of hydrogen-bond donors (Lipinski definition) is 1. The van der Waals surface area contributed by atoms with E-state index in [1.165, 1.54) is 0 Å². The van der Waals surface area contributed by atoms with E-state index in [2.05, 4.69) is 4.84 Å². The first-order chi connectivity index (χ1) is 5.98. The molecule has 0 fully saturated rings. The standard InChI is InChI=1S/C7H17NO4S/c1-4-12-8-13(9,10)6-5-11-7(2)3/h7-8H,4-6H2,1-3H3. The predicted molar refractivity (Wildman–Crippen MR) is 49.6 cm³/mol. The van der Waals surface area contributed by atoms with Crippen LogP contribution in [0.5, 0.6) is 0 Å². The third-order valence-corrected chi connectivity index (χ3v) is 2.21. The van der Waals surface area contributed by atoms with Crippen molar-refractivity contribution in [3.8, 4) is 0 Å². The lowest BCUT2D eigenvalue weighted by molar-refractivity contribution is 0.0861. The lowest BCUT2D eigenvalue weighted by Crippen LogP contribution is -2.29. The van der Waals surface area contributed by atoms with Gasteiger partial charge in [-0.25, -0.2) is 8.42 Å². The van der Waals surface area contributed by atoms with Gasteiger partial charge in [0.25, 0.3) is 0 Å². The Kier molecular flexibility index (Phi) is 6.23. The summed E-state index contributed by atoms with van der Waals surface area (Å²) in [6.07, 6.45) is 0.0438. The molecule has 0 bridgehead atoms. The minimum atomic E-state index is -3.34. The molecule has 0 rings (SSSR count). The van der Waals surface area contributed by atoms with E-state index in [4.69, 9.17) is 4.74 Å². The molecule has 0 aromatic rings. The molecule has 0 radical (unpaired) electrons. The third-order valence-electron chi connectivity index (χ3n) is 1.13. The molecular weight excluding hydrogens is 194 g/mol. The minimum absolute atomic E-state index is 0.0438. The monoisotopic (exact) mass is 211 g/mol. The maximum atomic E-state index is 11.1. The van der Waals surface area contributed by atoms with Gasteiger partial charge in [-0.15, -0.1) is 0 Å². The van der Waals surface area contributed by atoms with Gasteiger partial charge >= 0.3 is 0 Å². The molecule has 0 atom stereocenters. The Bertz CT molecular complexity index is 213. The van der Waals surface area contributed by atoms with Crippen LogP contribution in [0, 0.1) is 0 Å². The Morgan fingerprint density at radius 2 is 2.00 bits per heavy atom. The van der Waals surface area contributed by atoms with Gasteiger partial charge in [-0.3, -0.25) is 4.84 Å².